The second-order valence-electron chi connectivity index (χ2n) is 8.37. The van der Waals surface area contributed by atoms with E-state index in [0.717, 1.165) is 31.6 Å². The van der Waals surface area contributed by atoms with Crippen molar-refractivity contribution in [2.24, 2.45) is 5.10 Å². The first-order valence-corrected chi connectivity index (χ1v) is 10.8. The number of nitrogens with one attached hydrogen (secondary N) is 2. The number of aromatic nitrogens is 1. The number of piperidine rings is 1. The summed E-state index contributed by atoms with van der Waals surface area (Å²) in [7, 11) is 4.17. The number of carbonyl (C=O) groups is 2. The normalized spacial score (nSPS) is 19.4. The number of hydrogen-bond acceptors (Lipinski definition) is 7. The van der Waals surface area contributed by atoms with Crippen molar-refractivity contribution in [1.82, 2.24) is 20.2 Å². The third-order valence-corrected chi connectivity index (χ3v) is 5.99. The van der Waals surface area contributed by atoms with Crippen LogP contribution in [0.4, 0.5) is 11.4 Å². The smallest absolute Gasteiger partial charge is 0.272 e. The van der Waals surface area contributed by atoms with E-state index in [1.807, 2.05) is 11.0 Å². The molecule has 0 saturated carbocycles. The molecule has 32 heavy (non-hydrogen) atoms. The summed E-state index contributed by atoms with van der Waals surface area (Å²) in [5.41, 5.74) is 8.65. The summed E-state index contributed by atoms with van der Waals surface area (Å²) >= 11 is 0. The van der Waals surface area contributed by atoms with Crippen molar-refractivity contribution < 1.29 is 9.59 Å². The minimum atomic E-state index is -0.588. The Balaban J connectivity index is 1.37. The Bertz CT molecular complexity index is 983. The van der Waals surface area contributed by atoms with Gasteiger partial charge in [0.05, 0.1) is 23.3 Å². The van der Waals surface area contributed by atoms with E-state index >= 15 is 0 Å². The topological polar surface area (TPSA) is 93.2 Å². The minimum absolute atomic E-state index is 0.0291. The summed E-state index contributed by atoms with van der Waals surface area (Å²) < 4.78 is 0. The number of likely N-dealkylation sites (tertiary alicyclic amines) is 1. The number of hydrazone groups is 1. The molecule has 3 heterocycles. The van der Waals surface area contributed by atoms with Crippen LogP contribution in [0, 0.1) is 0 Å². The molecule has 2 aromatic rings. The molecule has 0 bridgehead atoms. The van der Waals surface area contributed by atoms with Gasteiger partial charge in [-0.3, -0.25) is 14.6 Å². The highest BCUT2D eigenvalue weighted by Crippen LogP contribution is 2.23. The van der Waals surface area contributed by atoms with Crippen molar-refractivity contribution in [2.45, 2.75) is 31.8 Å². The van der Waals surface area contributed by atoms with Gasteiger partial charge in [0.2, 0.25) is 0 Å². The van der Waals surface area contributed by atoms with Gasteiger partial charge in [-0.25, -0.2) is 5.43 Å². The van der Waals surface area contributed by atoms with Crippen LogP contribution in [0.2, 0.25) is 0 Å². The molecule has 1 saturated heterocycles. The molecule has 1 unspecified atom stereocenters. The first-order chi connectivity index (χ1) is 15.4. The van der Waals surface area contributed by atoms with E-state index in [9.17, 15) is 9.59 Å². The van der Waals surface area contributed by atoms with Crippen LogP contribution in [-0.2, 0) is 4.79 Å². The Labute approximate surface area is 188 Å². The van der Waals surface area contributed by atoms with Crippen molar-refractivity contribution in [3.05, 3.63) is 54.4 Å². The molecule has 0 radical (unpaired) electrons. The highest BCUT2D eigenvalue weighted by atomic mass is 16.2. The molecule has 9 heteroatoms. The first-order valence-electron chi connectivity index (χ1n) is 10.8. The van der Waals surface area contributed by atoms with Gasteiger partial charge in [-0.05, 0) is 70.3 Å². The molecule has 9 nitrogen and oxygen atoms in total. The molecule has 2 aliphatic heterocycles. The number of pyridine rings is 1. The van der Waals surface area contributed by atoms with E-state index < -0.39 is 6.04 Å². The van der Waals surface area contributed by atoms with Crippen LogP contribution in [-0.4, -0.2) is 71.6 Å². The summed E-state index contributed by atoms with van der Waals surface area (Å²) in [5.74, 6) is -0.162. The number of amides is 2. The lowest BCUT2D eigenvalue weighted by Gasteiger charge is -2.35. The average molecular weight is 436 g/mol. The van der Waals surface area contributed by atoms with Crippen molar-refractivity contribution >= 4 is 28.9 Å². The van der Waals surface area contributed by atoms with Crippen LogP contribution < -0.4 is 15.9 Å². The standard InChI is InChI=1S/C23H29N7O2/c1-16-21(26-25-18-5-4-12-24-15-18)23(32)30(27-16)20-8-6-17(7-9-20)22(31)29-13-10-19(11-14-29)28(2)3/h4-9,12,15,19,21,25-26H,10-11,13-14H2,1-3H3. The minimum Gasteiger partial charge on any atom is -0.339 e. The van der Waals surface area contributed by atoms with Crippen molar-refractivity contribution in [2.75, 3.05) is 37.6 Å². The maximum Gasteiger partial charge on any atom is 0.272 e. The zero-order valence-electron chi connectivity index (χ0n) is 18.7. The largest absolute Gasteiger partial charge is 0.339 e. The van der Waals surface area contributed by atoms with Crippen LogP contribution in [0.5, 0.6) is 0 Å². The molecule has 4 rings (SSSR count). The van der Waals surface area contributed by atoms with Crippen molar-refractivity contribution in [3.63, 3.8) is 0 Å². The van der Waals surface area contributed by atoms with E-state index in [1.165, 1.54) is 5.01 Å². The summed E-state index contributed by atoms with van der Waals surface area (Å²) in [6.45, 7) is 3.32. The number of rotatable bonds is 6. The highest BCUT2D eigenvalue weighted by molar-refractivity contribution is 6.18. The number of anilines is 2. The predicted molar refractivity (Wildman–Crippen MR) is 124 cm³/mol. The third kappa shape index (κ3) is 4.63. The predicted octanol–water partition coefficient (Wildman–Crippen LogP) is 1.96. The fourth-order valence-electron chi connectivity index (χ4n) is 4.02. The molecule has 1 aromatic carbocycles. The summed E-state index contributed by atoms with van der Waals surface area (Å²) in [4.78, 5) is 33.9. The van der Waals surface area contributed by atoms with Gasteiger partial charge in [0.1, 0.15) is 6.04 Å². The van der Waals surface area contributed by atoms with Gasteiger partial charge in [0, 0.05) is 30.9 Å². The summed E-state index contributed by atoms with van der Waals surface area (Å²) in [5, 5.41) is 5.77. The van der Waals surface area contributed by atoms with E-state index in [1.54, 1.807) is 49.6 Å². The number of hydrazine groups is 1. The van der Waals surface area contributed by atoms with Gasteiger partial charge < -0.3 is 15.2 Å². The number of benzene rings is 1. The van der Waals surface area contributed by atoms with Gasteiger partial charge in [-0.2, -0.15) is 10.1 Å². The maximum atomic E-state index is 12.9. The van der Waals surface area contributed by atoms with Crippen molar-refractivity contribution in [1.29, 1.82) is 0 Å². The maximum absolute atomic E-state index is 12.9. The van der Waals surface area contributed by atoms with Gasteiger partial charge >= 0.3 is 0 Å². The Hall–Kier alpha value is -3.30. The number of carbonyl (C=O) groups excluding carboxylic acids is 2. The second-order valence-corrected chi connectivity index (χ2v) is 8.37. The average Bonchev–Trinajstić information content (AvgIpc) is 3.11. The van der Waals surface area contributed by atoms with Crippen LogP contribution in [0.3, 0.4) is 0 Å². The Morgan fingerprint density at radius 1 is 1.12 bits per heavy atom. The highest BCUT2D eigenvalue weighted by Gasteiger charge is 2.34. The molecule has 1 aromatic heterocycles. The van der Waals surface area contributed by atoms with Gasteiger partial charge in [-0.15, -0.1) is 0 Å². The second kappa shape index (κ2) is 9.46. The lowest BCUT2D eigenvalue weighted by molar-refractivity contribution is -0.118. The molecule has 2 N–H and O–H groups in total. The van der Waals surface area contributed by atoms with Crippen molar-refractivity contribution in [3.8, 4) is 0 Å². The molecular weight excluding hydrogens is 406 g/mol. The zero-order valence-corrected chi connectivity index (χ0v) is 18.7. The Morgan fingerprint density at radius 3 is 2.47 bits per heavy atom. The molecule has 2 aliphatic rings. The van der Waals surface area contributed by atoms with E-state index in [-0.39, 0.29) is 11.8 Å². The summed E-state index contributed by atoms with van der Waals surface area (Å²) in [6.07, 6.45) is 5.30. The molecule has 1 atom stereocenters. The number of nitrogens with zero attached hydrogens (tertiary/aromatic N) is 5. The quantitative estimate of drug-likeness (QED) is 0.674. The van der Waals surface area contributed by atoms with Crippen LogP contribution in [0.25, 0.3) is 0 Å². The summed E-state index contributed by atoms with van der Waals surface area (Å²) in [6, 6.07) is 10.7. The molecule has 0 aliphatic carbocycles. The van der Waals surface area contributed by atoms with Gasteiger partial charge in [0.25, 0.3) is 11.8 Å². The van der Waals surface area contributed by atoms with Gasteiger partial charge in [-0.1, -0.05) is 0 Å². The molecule has 168 valence electrons. The third-order valence-electron chi connectivity index (χ3n) is 5.99. The SMILES string of the molecule is CC1=NN(c2ccc(C(=O)N3CCC(N(C)C)CC3)cc2)C(=O)C1NNc1cccnc1. The van der Waals surface area contributed by atoms with Crippen LogP contribution >= 0.6 is 0 Å². The molecule has 1 fully saturated rings. The fraction of sp³-hybridized carbons (Fsp3) is 0.391. The molecule has 2 amide bonds. The Morgan fingerprint density at radius 2 is 1.84 bits per heavy atom. The van der Waals surface area contributed by atoms with Crippen LogP contribution in [0.15, 0.2) is 53.9 Å². The van der Waals surface area contributed by atoms with E-state index in [0.29, 0.717) is 23.0 Å². The molecular formula is C23H29N7O2. The van der Waals surface area contributed by atoms with E-state index in [4.69, 9.17) is 0 Å². The first kappa shape index (κ1) is 21.9. The lowest BCUT2D eigenvalue weighted by Crippen LogP contribution is -2.45. The zero-order chi connectivity index (χ0) is 22.7. The Kier molecular flexibility index (Phi) is 6.48. The van der Waals surface area contributed by atoms with E-state index in [2.05, 4.69) is 39.9 Å². The van der Waals surface area contributed by atoms with Crippen LogP contribution in [0.1, 0.15) is 30.1 Å². The number of hydrogen-bond donors (Lipinski definition) is 2. The lowest BCUT2D eigenvalue weighted by atomic mass is 10.0. The van der Waals surface area contributed by atoms with Gasteiger partial charge in [0.15, 0.2) is 0 Å². The molecule has 0 spiro atoms. The monoisotopic (exact) mass is 435 g/mol. The fourth-order valence-corrected chi connectivity index (χ4v) is 4.02.